The van der Waals surface area contributed by atoms with E-state index in [0.29, 0.717) is 5.56 Å². The molecule has 0 saturated heterocycles. The fraction of sp³-hybridized carbons (Fsp3) is 0.235. The summed E-state index contributed by atoms with van der Waals surface area (Å²) in [7, 11) is 1.36. The van der Waals surface area contributed by atoms with Crippen LogP contribution >= 0.6 is 0 Å². The summed E-state index contributed by atoms with van der Waals surface area (Å²) < 4.78 is 51.5. The van der Waals surface area contributed by atoms with Gasteiger partial charge < -0.3 is 4.90 Å². The molecule has 0 spiro atoms. The average molecular weight is 370 g/mol. The van der Waals surface area contributed by atoms with Crippen LogP contribution in [-0.2, 0) is 12.7 Å². The minimum atomic E-state index is -4.46. The lowest BCUT2D eigenvalue weighted by molar-refractivity contribution is -0.385. The zero-order chi connectivity index (χ0) is 19.6. The molecule has 9 heteroatoms. The minimum Gasteiger partial charge on any atom is -0.337 e. The number of carbonyl (C=O) groups excluding carboxylic acids is 1. The molecule has 0 bridgehead atoms. The summed E-state index contributed by atoms with van der Waals surface area (Å²) in [5.41, 5.74) is -1.30. The first-order chi connectivity index (χ1) is 12.0. The topological polar surface area (TPSA) is 63.5 Å². The molecule has 0 saturated carbocycles. The molecule has 0 aliphatic heterocycles. The molecule has 2 rings (SSSR count). The number of rotatable bonds is 4. The first-order valence-corrected chi connectivity index (χ1v) is 7.37. The van der Waals surface area contributed by atoms with Gasteiger partial charge in [0.2, 0.25) is 0 Å². The number of amides is 1. The van der Waals surface area contributed by atoms with Crippen LogP contribution in [0.3, 0.4) is 0 Å². The third-order valence-electron chi connectivity index (χ3n) is 3.81. The van der Waals surface area contributed by atoms with Crippen molar-refractivity contribution in [3.63, 3.8) is 0 Å². The highest BCUT2D eigenvalue weighted by atomic mass is 19.4. The van der Waals surface area contributed by atoms with Gasteiger partial charge in [-0.25, -0.2) is 4.39 Å². The number of hydrogen-bond acceptors (Lipinski definition) is 3. The summed E-state index contributed by atoms with van der Waals surface area (Å²) in [5.74, 6) is -1.57. The Morgan fingerprint density at radius 3 is 2.27 bits per heavy atom. The molecule has 0 unspecified atom stereocenters. The highest BCUT2D eigenvalue weighted by Gasteiger charge is 2.30. The van der Waals surface area contributed by atoms with E-state index in [1.807, 2.05) is 0 Å². The van der Waals surface area contributed by atoms with Crippen molar-refractivity contribution < 1.29 is 27.3 Å². The first kappa shape index (κ1) is 19.4. The molecule has 0 aromatic heterocycles. The lowest BCUT2D eigenvalue weighted by atomic mass is 10.1. The molecule has 0 fully saturated rings. The maximum Gasteiger partial charge on any atom is 0.416 e. The summed E-state index contributed by atoms with van der Waals surface area (Å²) in [6, 6.07) is 6.11. The fourth-order valence-corrected chi connectivity index (χ4v) is 2.34. The molecule has 26 heavy (non-hydrogen) atoms. The molecule has 1 amide bonds. The molecule has 0 aliphatic rings. The van der Waals surface area contributed by atoms with E-state index in [9.17, 15) is 32.5 Å². The van der Waals surface area contributed by atoms with Gasteiger partial charge >= 0.3 is 6.18 Å². The van der Waals surface area contributed by atoms with Crippen LogP contribution in [0.2, 0.25) is 0 Å². The summed E-state index contributed by atoms with van der Waals surface area (Å²) >= 11 is 0. The van der Waals surface area contributed by atoms with E-state index in [1.54, 1.807) is 0 Å². The first-order valence-electron chi connectivity index (χ1n) is 7.37. The lowest BCUT2D eigenvalue weighted by Gasteiger charge is -2.18. The zero-order valence-electron chi connectivity index (χ0n) is 13.8. The monoisotopic (exact) mass is 370 g/mol. The molecule has 0 N–H and O–H groups in total. The summed E-state index contributed by atoms with van der Waals surface area (Å²) in [6.45, 7) is 1.19. The molecule has 0 aliphatic carbocycles. The molecular formula is C17H14F4N2O3. The van der Waals surface area contributed by atoms with Gasteiger partial charge in [-0.15, -0.1) is 0 Å². The fourth-order valence-electron chi connectivity index (χ4n) is 2.34. The summed E-state index contributed by atoms with van der Waals surface area (Å²) in [4.78, 5) is 23.7. The van der Waals surface area contributed by atoms with E-state index in [4.69, 9.17) is 0 Å². The van der Waals surface area contributed by atoms with E-state index in [0.717, 1.165) is 29.2 Å². The molecule has 138 valence electrons. The quantitative estimate of drug-likeness (QED) is 0.457. The van der Waals surface area contributed by atoms with Gasteiger partial charge in [-0.05, 0) is 30.7 Å². The summed E-state index contributed by atoms with van der Waals surface area (Å²) in [5, 5.41) is 10.9. The highest BCUT2D eigenvalue weighted by Crippen LogP contribution is 2.29. The second-order valence-electron chi connectivity index (χ2n) is 5.72. The van der Waals surface area contributed by atoms with Crippen molar-refractivity contribution in [2.45, 2.75) is 19.6 Å². The molecule has 2 aromatic carbocycles. The predicted octanol–water partition coefficient (Wildman–Crippen LogP) is 4.33. The van der Waals surface area contributed by atoms with Gasteiger partial charge in [-0.3, -0.25) is 14.9 Å². The van der Waals surface area contributed by atoms with Crippen molar-refractivity contribution >= 4 is 11.6 Å². The van der Waals surface area contributed by atoms with Gasteiger partial charge in [-0.1, -0.05) is 12.1 Å². The lowest BCUT2D eigenvalue weighted by Crippen LogP contribution is -2.26. The molecule has 0 heterocycles. The van der Waals surface area contributed by atoms with Crippen LogP contribution in [0.25, 0.3) is 0 Å². The second kappa shape index (κ2) is 7.11. The number of benzene rings is 2. The minimum absolute atomic E-state index is 0.0414. The van der Waals surface area contributed by atoms with E-state index < -0.39 is 34.1 Å². The zero-order valence-corrected chi connectivity index (χ0v) is 13.8. The number of alkyl halides is 3. The maximum absolute atomic E-state index is 13.8. The second-order valence-corrected chi connectivity index (χ2v) is 5.72. The number of hydrogen-bond donors (Lipinski definition) is 0. The van der Waals surface area contributed by atoms with Crippen molar-refractivity contribution in [1.29, 1.82) is 0 Å². The van der Waals surface area contributed by atoms with Crippen molar-refractivity contribution in [2.75, 3.05) is 7.05 Å². The average Bonchev–Trinajstić information content (AvgIpc) is 2.55. The number of nitro groups is 1. The van der Waals surface area contributed by atoms with Crippen LogP contribution in [0.5, 0.6) is 0 Å². The Morgan fingerprint density at radius 1 is 1.19 bits per heavy atom. The van der Waals surface area contributed by atoms with Crippen LogP contribution in [0, 0.1) is 22.9 Å². The molecule has 0 radical (unpaired) electrons. The Hall–Kier alpha value is -2.97. The van der Waals surface area contributed by atoms with Gasteiger partial charge in [0.05, 0.1) is 16.1 Å². The van der Waals surface area contributed by atoms with Crippen LogP contribution in [0.4, 0.5) is 23.2 Å². The normalized spacial score (nSPS) is 11.3. The van der Waals surface area contributed by atoms with Gasteiger partial charge in [0.25, 0.3) is 11.6 Å². The van der Waals surface area contributed by atoms with Crippen LogP contribution in [0.15, 0.2) is 36.4 Å². The van der Waals surface area contributed by atoms with Gasteiger partial charge in [0.15, 0.2) is 0 Å². The molecular weight excluding hydrogens is 356 g/mol. The van der Waals surface area contributed by atoms with Crippen LogP contribution < -0.4 is 0 Å². The van der Waals surface area contributed by atoms with E-state index >= 15 is 0 Å². The van der Waals surface area contributed by atoms with Gasteiger partial charge in [0.1, 0.15) is 5.82 Å². The Morgan fingerprint density at radius 2 is 1.77 bits per heavy atom. The number of carbonyl (C=O) groups is 1. The molecule has 2 aromatic rings. The van der Waals surface area contributed by atoms with Gasteiger partial charge in [0, 0.05) is 25.2 Å². The van der Waals surface area contributed by atoms with Crippen LogP contribution in [0.1, 0.15) is 27.0 Å². The smallest absolute Gasteiger partial charge is 0.337 e. The largest absolute Gasteiger partial charge is 0.416 e. The number of halogens is 4. The number of nitrogens with zero attached hydrogens (tertiary/aromatic N) is 2. The Balaban J connectivity index is 2.21. The van der Waals surface area contributed by atoms with Crippen molar-refractivity contribution in [3.05, 3.63) is 74.6 Å². The third-order valence-corrected chi connectivity index (χ3v) is 3.81. The Kier molecular flexibility index (Phi) is 5.29. The highest BCUT2D eigenvalue weighted by molar-refractivity contribution is 5.94. The molecule has 0 atom stereocenters. The van der Waals surface area contributed by atoms with Crippen molar-refractivity contribution in [2.24, 2.45) is 0 Å². The predicted molar refractivity (Wildman–Crippen MR) is 85.0 cm³/mol. The van der Waals surface area contributed by atoms with Crippen molar-refractivity contribution in [1.82, 2.24) is 4.90 Å². The van der Waals surface area contributed by atoms with E-state index in [1.165, 1.54) is 26.1 Å². The maximum atomic E-state index is 13.8. The van der Waals surface area contributed by atoms with E-state index in [-0.39, 0.29) is 17.7 Å². The summed E-state index contributed by atoms with van der Waals surface area (Å²) in [6.07, 6.45) is -4.46. The van der Waals surface area contributed by atoms with Gasteiger partial charge in [-0.2, -0.15) is 13.2 Å². The van der Waals surface area contributed by atoms with Crippen LogP contribution in [-0.4, -0.2) is 22.8 Å². The third kappa shape index (κ3) is 4.16. The standard InChI is InChI=1S/C17H14F4N2O3/c1-10-14(18)7-12(8-15(10)23(25)26)16(24)22(2)9-11-3-5-13(6-4-11)17(19,20)21/h3-8H,9H2,1-2H3. The SMILES string of the molecule is Cc1c(F)cc(C(=O)N(C)Cc2ccc(C(F)(F)F)cc2)cc1[N+](=O)[O-]. The van der Waals surface area contributed by atoms with Crippen molar-refractivity contribution in [3.8, 4) is 0 Å². The Bertz CT molecular complexity index is 848. The van der Waals surface area contributed by atoms with E-state index in [2.05, 4.69) is 0 Å². The number of nitro benzene ring substituents is 1. The molecule has 5 nitrogen and oxygen atoms in total. The Labute approximate surface area is 146 Å².